The van der Waals surface area contributed by atoms with Crippen molar-refractivity contribution in [2.24, 2.45) is 5.10 Å². The lowest BCUT2D eigenvalue weighted by atomic mass is 10.1. The van der Waals surface area contributed by atoms with Crippen LogP contribution in [0.15, 0.2) is 34.2 Å². The molecule has 1 heterocycles. The van der Waals surface area contributed by atoms with Gasteiger partial charge in [-0.1, -0.05) is 35.0 Å². The molecule has 4 N–H and O–H groups in total. The Bertz CT molecular complexity index is 856. The number of nitrogen functional groups attached to an aromatic ring is 1. The molecule has 0 saturated carbocycles. The van der Waals surface area contributed by atoms with Crippen LogP contribution in [0.4, 0.5) is 0 Å². The molecule has 0 aliphatic rings. The highest BCUT2D eigenvalue weighted by Gasteiger charge is 2.29. The summed E-state index contributed by atoms with van der Waals surface area (Å²) in [6.45, 7) is 5.05. The van der Waals surface area contributed by atoms with Crippen LogP contribution in [0, 0.1) is 6.92 Å². The van der Waals surface area contributed by atoms with Gasteiger partial charge in [-0.05, 0) is 25.6 Å². The molecule has 2 rings (SSSR count). The Morgan fingerprint density at radius 2 is 1.92 bits per heavy atom. The SMILES string of the molecule is CC(C)=NNC(=O)c1c(=O)n(N)[nH][n+]1CC(=O)c1ccc(C)cc1. The van der Waals surface area contributed by atoms with Gasteiger partial charge in [-0.2, -0.15) is 5.10 Å². The Balaban J connectivity index is 2.30. The summed E-state index contributed by atoms with van der Waals surface area (Å²) in [6, 6.07) is 6.97. The number of hydrogen-bond acceptors (Lipinski definition) is 5. The third-order valence-electron chi connectivity index (χ3n) is 3.19. The largest absolute Gasteiger partial charge is 0.430 e. The van der Waals surface area contributed by atoms with E-state index in [0.717, 1.165) is 10.2 Å². The number of aromatic amines is 1. The molecule has 0 atom stereocenters. The summed E-state index contributed by atoms with van der Waals surface area (Å²) in [6.07, 6.45) is 0. The number of nitrogens with zero attached hydrogens (tertiary/aromatic N) is 3. The highest BCUT2D eigenvalue weighted by atomic mass is 16.2. The first-order chi connectivity index (χ1) is 11.3. The number of H-pyrrole nitrogens is 1. The zero-order chi connectivity index (χ0) is 17.9. The van der Waals surface area contributed by atoms with Gasteiger partial charge in [-0.25, -0.2) is 16.1 Å². The zero-order valence-corrected chi connectivity index (χ0v) is 13.7. The lowest BCUT2D eigenvalue weighted by molar-refractivity contribution is -0.744. The van der Waals surface area contributed by atoms with Gasteiger partial charge in [0.15, 0.2) is 6.54 Å². The second-order valence-corrected chi connectivity index (χ2v) is 5.50. The quantitative estimate of drug-likeness (QED) is 0.224. The fourth-order valence-corrected chi connectivity index (χ4v) is 1.98. The van der Waals surface area contributed by atoms with Gasteiger partial charge in [0.2, 0.25) is 5.78 Å². The number of benzene rings is 1. The highest BCUT2D eigenvalue weighted by molar-refractivity contribution is 5.95. The number of nitrogens with one attached hydrogen (secondary N) is 2. The average Bonchev–Trinajstić information content (AvgIpc) is 2.80. The Labute approximate surface area is 137 Å². The number of carbonyl (C=O) groups excluding carboxylic acids is 2. The number of rotatable bonds is 5. The van der Waals surface area contributed by atoms with Crippen LogP contribution in [0.3, 0.4) is 0 Å². The van der Waals surface area contributed by atoms with Crippen molar-refractivity contribution in [3.05, 3.63) is 51.4 Å². The topological polar surface area (TPSA) is 126 Å². The van der Waals surface area contributed by atoms with Crippen molar-refractivity contribution in [3.8, 4) is 0 Å². The van der Waals surface area contributed by atoms with Crippen LogP contribution >= 0.6 is 0 Å². The molecule has 0 aliphatic carbocycles. The number of Topliss-reactive ketones (excluding diaryl/α,β-unsaturated/α-hetero) is 1. The van der Waals surface area contributed by atoms with Crippen molar-refractivity contribution in [1.29, 1.82) is 0 Å². The summed E-state index contributed by atoms with van der Waals surface area (Å²) in [7, 11) is 0. The van der Waals surface area contributed by atoms with Crippen molar-refractivity contribution < 1.29 is 14.3 Å². The van der Waals surface area contributed by atoms with Crippen molar-refractivity contribution in [2.45, 2.75) is 27.3 Å². The summed E-state index contributed by atoms with van der Waals surface area (Å²) in [5, 5.41) is 6.22. The predicted octanol–water partition coefficient (Wildman–Crippen LogP) is -0.505. The number of ketones is 1. The second kappa shape index (κ2) is 6.90. The van der Waals surface area contributed by atoms with Crippen LogP contribution in [-0.2, 0) is 6.54 Å². The fourth-order valence-electron chi connectivity index (χ4n) is 1.98. The molecule has 9 nitrogen and oxygen atoms in total. The number of hydrogen-bond donors (Lipinski definition) is 3. The van der Waals surface area contributed by atoms with E-state index >= 15 is 0 Å². The van der Waals surface area contributed by atoms with E-state index in [1.54, 1.807) is 38.1 Å². The molecule has 2 aromatic rings. The van der Waals surface area contributed by atoms with Gasteiger partial charge < -0.3 is 0 Å². The zero-order valence-electron chi connectivity index (χ0n) is 13.7. The summed E-state index contributed by atoms with van der Waals surface area (Å²) in [5.74, 6) is 4.45. The van der Waals surface area contributed by atoms with E-state index in [-0.39, 0.29) is 18.0 Å². The smallest absolute Gasteiger partial charge is 0.290 e. The molecule has 0 fully saturated rings. The molecule has 1 aromatic carbocycles. The minimum absolute atomic E-state index is 0.236. The number of hydrazone groups is 1. The van der Waals surface area contributed by atoms with E-state index in [1.807, 2.05) is 6.92 Å². The van der Waals surface area contributed by atoms with Crippen LogP contribution in [0.5, 0.6) is 0 Å². The Kier molecular flexibility index (Phi) is 4.93. The molecule has 126 valence electrons. The van der Waals surface area contributed by atoms with Crippen molar-refractivity contribution in [2.75, 3.05) is 5.84 Å². The lowest BCUT2D eigenvalue weighted by Gasteiger charge is -2.01. The lowest BCUT2D eigenvalue weighted by Crippen LogP contribution is -2.48. The van der Waals surface area contributed by atoms with Crippen molar-refractivity contribution >= 4 is 17.4 Å². The van der Waals surface area contributed by atoms with E-state index in [4.69, 9.17) is 5.84 Å². The minimum atomic E-state index is -0.756. The monoisotopic (exact) mass is 331 g/mol. The van der Waals surface area contributed by atoms with Crippen LogP contribution in [0.2, 0.25) is 0 Å². The van der Waals surface area contributed by atoms with Crippen LogP contribution in [0.1, 0.15) is 40.3 Å². The number of nitrogens with two attached hydrogens (primary N) is 1. The molecule has 0 bridgehead atoms. The van der Waals surface area contributed by atoms with Crippen molar-refractivity contribution in [3.63, 3.8) is 0 Å². The summed E-state index contributed by atoms with van der Waals surface area (Å²) < 4.78 is 1.10. The van der Waals surface area contributed by atoms with Crippen LogP contribution < -0.4 is 21.5 Å². The molecular weight excluding hydrogens is 312 g/mol. The molecule has 0 spiro atoms. The summed E-state index contributed by atoms with van der Waals surface area (Å²) >= 11 is 0. The third-order valence-corrected chi connectivity index (χ3v) is 3.19. The molecule has 0 saturated heterocycles. The van der Waals surface area contributed by atoms with E-state index in [0.29, 0.717) is 16.1 Å². The molecule has 9 heteroatoms. The first-order valence-corrected chi connectivity index (χ1v) is 7.20. The normalized spacial score (nSPS) is 10.3. The van der Waals surface area contributed by atoms with Crippen molar-refractivity contribution in [1.82, 2.24) is 15.4 Å². The van der Waals surface area contributed by atoms with Gasteiger partial charge in [0.1, 0.15) is 0 Å². The maximum atomic E-state index is 12.3. The van der Waals surface area contributed by atoms with Gasteiger partial charge in [0.05, 0.1) is 0 Å². The van der Waals surface area contributed by atoms with Gasteiger partial charge in [0, 0.05) is 11.3 Å². The summed E-state index contributed by atoms with van der Waals surface area (Å²) in [5.41, 5.74) is 3.28. The fraction of sp³-hybridized carbons (Fsp3) is 0.267. The van der Waals surface area contributed by atoms with Crippen LogP contribution in [0.25, 0.3) is 0 Å². The highest BCUT2D eigenvalue weighted by Crippen LogP contribution is 2.04. The Morgan fingerprint density at radius 1 is 1.29 bits per heavy atom. The van der Waals surface area contributed by atoms with E-state index in [9.17, 15) is 14.4 Å². The molecule has 0 radical (unpaired) electrons. The predicted molar refractivity (Wildman–Crippen MR) is 87.2 cm³/mol. The minimum Gasteiger partial charge on any atom is -0.290 e. The number of aryl methyl sites for hydroxylation is 1. The second-order valence-electron chi connectivity index (χ2n) is 5.50. The first kappa shape index (κ1) is 17.1. The van der Waals surface area contributed by atoms with Gasteiger partial charge in [0.25, 0.3) is 0 Å². The Morgan fingerprint density at radius 3 is 2.50 bits per heavy atom. The standard InChI is InChI=1S/C15H18N6O3/c1-9(2)17-18-14(23)13-15(24)21(16)19-20(13)8-12(22)11-6-4-10(3)5-7-11/h4-7H,8H2,1-3H3,(H3-,16,18,19,23,24)/p+1. The molecule has 0 aliphatic heterocycles. The molecule has 0 unspecified atom stereocenters. The molecule has 1 amide bonds. The maximum absolute atomic E-state index is 12.3. The Hall–Kier alpha value is -3.23. The maximum Gasteiger partial charge on any atom is 0.430 e. The van der Waals surface area contributed by atoms with E-state index in [2.05, 4.69) is 15.7 Å². The first-order valence-electron chi connectivity index (χ1n) is 7.20. The number of carbonyl (C=O) groups is 2. The van der Waals surface area contributed by atoms with Gasteiger partial charge in [-0.15, -0.1) is 4.68 Å². The number of aromatic nitrogens is 3. The molecule has 1 aromatic heterocycles. The summed E-state index contributed by atoms with van der Waals surface area (Å²) in [4.78, 5) is 37.1. The van der Waals surface area contributed by atoms with Gasteiger partial charge in [-0.3, -0.25) is 9.59 Å². The van der Waals surface area contributed by atoms with Crippen LogP contribution in [-0.4, -0.2) is 27.4 Å². The van der Waals surface area contributed by atoms with E-state index < -0.39 is 11.5 Å². The molecule has 24 heavy (non-hydrogen) atoms. The average molecular weight is 331 g/mol. The number of amides is 1. The van der Waals surface area contributed by atoms with E-state index in [1.165, 1.54) is 0 Å². The van der Waals surface area contributed by atoms with Gasteiger partial charge >= 0.3 is 17.2 Å². The third kappa shape index (κ3) is 3.75. The molecular formula is C15H19N6O3+.